The van der Waals surface area contributed by atoms with Gasteiger partial charge < -0.3 is 14.2 Å². The van der Waals surface area contributed by atoms with Crippen LogP contribution in [0.4, 0.5) is 5.69 Å². The Hall–Kier alpha value is -2.53. The van der Waals surface area contributed by atoms with E-state index in [9.17, 15) is 4.79 Å². The predicted octanol–water partition coefficient (Wildman–Crippen LogP) is 4.15. The van der Waals surface area contributed by atoms with E-state index in [-0.39, 0.29) is 11.6 Å². The van der Waals surface area contributed by atoms with Crippen LogP contribution in [0.15, 0.2) is 51.8 Å². The molecule has 0 spiro atoms. The van der Waals surface area contributed by atoms with Gasteiger partial charge in [0.1, 0.15) is 0 Å². The summed E-state index contributed by atoms with van der Waals surface area (Å²) in [6.45, 7) is 1.86. The summed E-state index contributed by atoms with van der Waals surface area (Å²) >= 11 is 5.89. The molecule has 0 saturated heterocycles. The molecule has 0 aliphatic rings. The van der Waals surface area contributed by atoms with Crippen LogP contribution in [-0.4, -0.2) is 10.9 Å². The third kappa shape index (κ3) is 2.68. The van der Waals surface area contributed by atoms with Crippen molar-refractivity contribution in [2.24, 2.45) is 0 Å². The van der Waals surface area contributed by atoms with Crippen LogP contribution in [-0.2, 0) is 0 Å². The second-order valence-electron chi connectivity index (χ2n) is 4.42. The molecule has 6 heteroatoms. The Morgan fingerprint density at radius 2 is 2.14 bits per heavy atom. The van der Waals surface area contributed by atoms with E-state index in [4.69, 9.17) is 20.4 Å². The molecule has 0 bridgehead atoms. The fraction of sp³-hybridized carbons (Fsp3) is 0.0667. The highest BCUT2D eigenvalue weighted by atomic mass is 35.5. The Balaban J connectivity index is 1.88. The lowest BCUT2D eigenvalue weighted by Crippen LogP contribution is -2.14. The Labute approximate surface area is 125 Å². The van der Waals surface area contributed by atoms with Gasteiger partial charge in [0.15, 0.2) is 17.8 Å². The van der Waals surface area contributed by atoms with Crippen molar-refractivity contribution < 1.29 is 13.6 Å². The van der Waals surface area contributed by atoms with Crippen LogP contribution in [0, 0.1) is 6.92 Å². The largest absolute Gasteiger partial charge is 0.461 e. The highest BCUT2D eigenvalue weighted by Gasteiger charge is 2.20. The molecule has 1 N–H and O–H groups in total. The summed E-state index contributed by atoms with van der Waals surface area (Å²) in [5.74, 6) is 0.371. The summed E-state index contributed by atoms with van der Waals surface area (Å²) in [4.78, 5) is 16.3. The standard InChI is InChI=1S/C15H11ClN2O3/c1-9-7-10(16)4-5-11(9)18-15(19)13-14(21-8-17-13)12-3-2-6-20-12/h2-8H,1H3,(H,18,19). The van der Waals surface area contributed by atoms with Crippen LogP contribution >= 0.6 is 11.6 Å². The van der Waals surface area contributed by atoms with Crippen molar-refractivity contribution in [1.29, 1.82) is 0 Å². The number of aryl methyl sites for hydroxylation is 1. The second kappa shape index (κ2) is 5.46. The van der Waals surface area contributed by atoms with Crippen LogP contribution in [0.3, 0.4) is 0 Å². The number of nitrogens with one attached hydrogen (secondary N) is 1. The Morgan fingerprint density at radius 1 is 1.29 bits per heavy atom. The topological polar surface area (TPSA) is 68.3 Å². The fourth-order valence-corrected chi connectivity index (χ4v) is 2.17. The Bertz CT molecular complexity index is 778. The van der Waals surface area contributed by atoms with Gasteiger partial charge in [-0.25, -0.2) is 4.98 Å². The minimum Gasteiger partial charge on any atom is -0.461 e. The van der Waals surface area contributed by atoms with Crippen molar-refractivity contribution in [2.75, 3.05) is 5.32 Å². The maximum Gasteiger partial charge on any atom is 0.278 e. The molecule has 0 unspecified atom stereocenters. The molecule has 5 nitrogen and oxygen atoms in total. The molecule has 0 aliphatic heterocycles. The van der Waals surface area contributed by atoms with Crippen molar-refractivity contribution in [3.63, 3.8) is 0 Å². The second-order valence-corrected chi connectivity index (χ2v) is 4.86. The van der Waals surface area contributed by atoms with Gasteiger partial charge in [0.2, 0.25) is 5.76 Å². The number of aromatic nitrogens is 1. The molecular formula is C15H11ClN2O3. The normalized spacial score (nSPS) is 10.6. The summed E-state index contributed by atoms with van der Waals surface area (Å²) in [6, 6.07) is 8.63. The SMILES string of the molecule is Cc1cc(Cl)ccc1NC(=O)c1ncoc1-c1ccco1. The molecule has 0 radical (unpaired) electrons. The van der Waals surface area contributed by atoms with E-state index in [1.807, 2.05) is 6.92 Å². The summed E-state index contributed by atoms with van der Waals surface area (Å²) in [7, 11) is 0. The number of hydrogen-bond acceptors (Lipinski definition) is 4. The van der Waals surface area contributed by atoms with Crippen LogP contribution in [0.1, 0.15) is 16.1 Å². The number of rotatable bonds is 3. The third-order valence-electron chi connectivity index (χ3n) is 2.96. The van der Waals surface area contributed by atoms with Crippen molar-refractivity contribution >= 4 is 23.2 Å². The summed E-state index contributed by atoms with van der Waals surface area (Å²) < 4.78 is 10.5. The number of anilines is 1. The zero-order valence-electron chi connectivity index (χ0n) is 11.1. The van der Waals surface area contributed by atoms with Gasteiger partial charge in [0, 0.05) is 10.7 Å². The van der Waals surface area contributed by atoms with Crippen molar-refractivity contribution in [3.05, 3.63) is 59.3 Å². The third-order valence-corrected chi connectivity index (χ3v) is 3.20. The first-order chi connectivity index (χ1) is 10.1. The lowest BCUT2D eigenvalue weighted by Gasteiger charge is -2.07. The van der Waals surface area contributed by atoms with Gasteiger partial charge in [-0.05, 0) is 42.8 Å². The maximum atomic E-state index is 12.3. The molecule has 0 atom stereocenters. The molecule has 21 heavy (non-hydrogen) atoms. The molecule has 1 amide bonds. The van der Waals surface area contributed by atoms with E-state index in [1.54, 1.807) is 30.3 Å². The van der Waals surface area contributed by atoms with Gasteiger partial charge >= 0.3 is 0 Å². The smallest absolute Gasteiger partial charge is 0.278 e. The number of furan rings is 1. The van der Waals surface area contributed by atoms with Gasteiger partial charge in [0.25, 0.3) is 5.91 Å². The molecule has 0 aliphatic carbocycles. The molecular weight excluding hydrogens is 292 g/mol. The van der Waals surface area contributed by atoms with Crippen LogP contribution in [0.5, 0.6) is 0 Å². The Kier molecular flexibility index (Phi) is 3.50. The van der Waals surface area contributed by atoms with E-state index >= 15 is 0 Å². The van der Waals surface area contributed by atoms with Crippen LogP contribution < -0.4 is 5.32 Å². The summed E-state index contributed by atoms with van der Waals surface area (Å²) in [5, 5.41) is 3.39. The van der Waals surface area contributed by atoms with E-state index in [1.165, 1.54) is 12.7 Å². The molecule has 1 aromatic carbocycles. The van der Waals surface area contributed by atoms with Crippen LogP contribution in [0.25, 0.3) is 11.5 Å². The zero-order chi connectivity index (χ0) is 14.8. The number of benzene rings is 1. The quantitative estimate of drug-likeness (QED) is 0.789. The molecule has 0 saturated carbocycles. The van der Waals surface area contributed by atoms with Gasteiger partial charge in [-0.3, -0.25) is 4.79 Å². The number of amides is 1. The average molecular weight is 303 g/mol. The van der Waals surface area contributed by atoms with Gasteiger partial charge in [-0.15, -0.1) is 0 Å². The monoisotopic (exact) mass is 302 g/mol. The van der Waals surface area contributed by atoms with Crippen molar-refractivity contribution in [3.8, 4) is 11.5 Å². The van der Waals surface area contributed by atoms with Gasteiger partial charge in [-0.2, -0.15) is 0 Å². The first kappa shape index (κ1) is 13.5. The van der Waals surface area contributed by atoms with Crippen molar-refractivity contribution in [1.82, 2.24) is 4.98 Å². The predicted molar refractivity (Wildman–Crippen MR) is 78.3 cm³/mol. The number of carbonyl (C=O) groups is 1. The zero-order valence-corrected chi connectivity index (χ0v) is 11.8. The van der Waals surface area contributed by atoms with Gasteiger partial charge in [0.05, 0.1) is 6.26 Å². The van der Waals surface area contributed by atoms with Gasteiger partial charge in [-0.1, -0.05) is 11.6 Å². The number of halogens is 1. The molecule has 2 aromatic heterocycles. The highest BCUT2D eigenvalue weighted by Crippen LogP contribution is 2.25. The Morgan fingerprint density at radius 3 is 2.86 bits per heavy atom. The van der Waals surface area contributed by atoms with E-state index in [2.05, 4.69) is 10.3 Å². The van der Waals surface area contributed by atoms with E-state index in [0.717, 1.165) is 5.56 Å². The maximum absolute atomic E-state index is 12.3. The minimum atomic E-state index is -0.374. The van der Waals surface area contributed by atoms with Crippen LogP contribution in [0.2, 0.25) is 5.02 Å². The number of oxazole rings is 1. The first-order valence-electron chi connectivity index (χ1n) is 6.20. The summed E-state index contributed by atoms with van der Waals surface area (Å²) in [6.07, 6.45) is 2.71. The fourth-order valence-electron chi connectivity index (χ4n) is 1.94. The molecule has 106 valence electrons. The minimum absolute atomic E-state index is 0.166. The van der Waals surface area contributed by atoms with E-state index < -0.39 is 0 Å². The lowest BCUT2D eigenvalue weighted by atomic mass is 10.2. The molecule has 0 fully saturated rings. The first-order valence-corrected chi connectivity index (χ1v) is 6.58. The summed E-state index contributed by atoms with van der Waals surface area (Å²) in [5.41, 5.74) is 1.69. The number of hydrogen-bond donors (Lipinski definition) is 1. The molecule has 3 rings (SSSR count). The number of nitrogens with zero attached hydrogens (tertiary/aromatic N) is 1. The highest BCUT2D eigenvalue weighted by molar-refractivity contribution is 6.30. The lowest BCUT2D eigenvalue weighted by molar-refractivity contribution is 0.102. The van der Waals surface area contributed by atoms with E-state index in [0.29, 0.717) is 22.2 Å². The molecule has 2 heterocycles. The van der Waals surface area contributed by atoms with Crippen molar-refractivity contribution in [2.45, 2.75) is 6.92 Å². The average Bonchev–Trinajstić information content (AvgIpc) is 3.10. The number of carbonyl (C=O) groups excluding carboxylic acids is 1. The molecule has 3 aromatic rings.